The molecule has 0 bridgehead atoms. The summed E-state index contributed by atoms with van der Waals surface area (Å²) in [6.45, 7) is 7.31. The van der Waals surface area contributed by atoms with Crippen molar-refractivity contribution in [1.29, 1.82) is 0 Å². The fraction of sp³-hybridized carbons (Fsp3) is 1.00. The van der Waals surface area contributed by atoms with Gasteiger partial charge in [-0.05, 0) is 37.5 Å². The van der Waals surface area contributed by atoms with Gasteiger partial charge in [0.15, 0.2) is 0 Å². The molecule has 0 radical (unpaired) electrons. The second-order valence-corrected chi connectivity index (χ2v) is 4.28. The molecular formula is C10H22ClN. The van der Waals surface area contributed by atoms with Crippen LogP contribution in [0.5, 0.6) is 0 Å². The Morgan fingerprint density at radius 1 is 1.25 bits per heavy atom. The maximum absolute atomic E-state index is 2.48. The summed E-state index contributed by atoms with van der Waals surface area (Å²) in [5.41, 5.74) is 0. The Bertz CT molecular complexity index is 96.0. The standard InChI is InChI=1S/C10H21N.ClH/c1-9(2)5-7-11-8-6-10-3-4-10;/h9-11H,3-8H2,1-2H3;1H. The minimum atomic E-state index is 0. The van der Waals surface area contributed by atoms with Crippen LogP contribution in [0.3, 0.4) is 0 Å². The minimum Gasteiger partial charge on any atom is -1.00 e. The Morgan fingerprint density at radius 3 is 2.42 bits per heavy atom. The van der Waals surface area contributed by atoms with Gasteiger partial charge in [-0.2, -0.15) is 0 Å². The molecule has 74 valence electrons. The van der Waals surface area contributed by atoms with E-state index in [0.717, 1.165) is 11.8 Å². The van der Waals surface area contributed by atoms with E-state index in [-0.39, 0.29) is 12.4 Å². The summed E-state index contributed by atoms with van der Waals surface area (Å²) in [6, 6.07) is 0. The molecular weight excluding hydrogens is 170 g/mol. The Hall–Kier alpha value is 0.250. The number of nitrogens with two attached hydrogens (primary N) is 1. The normalized spacial score (nSPS) is 16.2. The molecule has 1 aliphatic rings. The van der Waals surface area contributed by atoms with Crippen molar-refractivity contribution in [3.8, 4) is 0 Å². The Labute approximate surface area is 82.7 Å². The predicted molar refractivity (Wildman–Crippen MR) is 48.5 cm³/mol. The monoisotopic (exact) mass is 191 g/mol. The van der Waals surface area contributed by atoms with E-state index in [1.54, 1.807) is 0 Å². The summed E-state index contributed by atoms with van der Waals surface area (Å²) >= 11 is 0. The van der Waals surface area contributed by atoms with Crippen molar-refractivity contribution in [3.05, 3.63) is 0 Å². The maximum atomic E-state index is 2.48. The van der Waals surface area contributed by atoms with Gasteiger partial charge in [-0.25, -0.2) is 0 Å². The van der Waals surface area contributed by atoms with Crippen molar-refractivity contribution in [2.45, 2.75) is 39.5 Å². The first kappa shape index (κ1) is 12.2. The van der Waals surface area contributed by atoms with Gasteiger partial charge in [-0.3, -0.25) is 0 Å². The summed E-state index contributed by atoms with van der Waals surface area (Å²) in [4.78, 5) is 0. The van der Waals surface area contributed by atoms with Gasteiger partial charge in [0.25, 0.3) is 0 Å². The van der Waals surface area contributed by atoms with Crippen LogP contribution in [0.4, 0.5) is 0 Å². The topological polar surface area (TPSA) is 16.6 Å². The molecule has 0 unspecified atom stereocenters. The molecule has 1 rings (SSSR count). The van der Waals surface area contributed by atoms with Crippen LogP contribution in [0.2, 0.25) is 0 Å². The lowest BCUT2D eigenvalue weighted by Crippen LogP contribution is -3.00. The molecule has 1 fully saturated rings. The maximum Gasteiger partial charge on any atom is 0.0758 e. The van der Waals surface area contributed by atoms with E-state index in [1.807, 2.05) is 0 Å². The third kappa shape index (κ3) is 6.93. The van der Waals surface area contributed by atoms with Crippen LogP contribution in [0.25, 0.3) is 0 Å². The van der Waals surface area contributed by atoms with Gasteiger partial charge in [0.05, 0.1) is 13.1 Å². The molecule has 0 spiro atoms. The van der Waals surface area contributed by atoms with Gasteiger partial charge in [-0.15, -0.1) is 0 Å². The van der Waals surface area contributed by atoms with E-state index < -0.39 is 0 Å². The molecule has 1 aliphatic carbocycles. The van der Waals surface area contributed by atoms with Gasteiger partial charge >= 0.3 is 0 Å². The number of hydrogen-bond donors (Lipinski definition) is 1. The summed E-state index contributed by atoms with van der Waals surface area (Å²) in [5, 5.41) is 2.48. The minimum absolute atomic E-state index is 0. The first-order chi connectivity index (χ1) is 5.29. The largest absolute Gasteiger partial charge is 1.00 e. The van der Waals surface area contributed by atoms with Crippen LogP contribution in [-0.4, -0.2) is 13.1 Å². The molecule has 0 amide bonds. The van der Waals surface area contributed by atoms with Crippen LogP contribution in [0, 0.1) is 11.8 Å². The van der Waals surface area contributed by atoms with Crippen LogP contribution < -0.4 is 17.7 Å². The third-order valence-corrected chi connectivity index (χ3v) is 2.42. The number of hydrogen-bond acceptors (Lipinski definition) is 0. The molecule has 0 saturated heterocycles. The lowest BCUT2D eigenvalue weighted by atomic mass is 10.1. The highest BCUT2D eigenvalue weighted by Crippen LogP contribution is 2.31. The van der Waals surface area contributed by atoms with Gasteiger partial charge in [0.1, 0.15) is 0 Å². The molecule has 1 saturated carbocycles. The predicted octanol–water partition coefficient (Wildman–Crippen LogP) is -1.60. The van der Waals surface area contributed by atoms with Gasteiger partial charge in [0.2, 0.25) is 0 Å². The molecule has 0 aromatic rings. The molecule has 0 aliphatic heterocycles. The molecule has 12 heavy (non-hydrogen) atoms. The zero-order valence-corrected chi connectivity index (χ0v) is 9.11. The zero-order chi connectivity index (χ0) is 8.10. The summed E-state index contributed by atoms with van der Waals surface area (Å²) in [6.07, 6.45) is 5.87. The van der Waals surface area contributed by atoms with E-state index in [2.05, 4.69) is 19.2 Å². The summed E-state index contributed by atoms with van der Waals surface area (Å²) in [5.74, 6) is 2.00. The molecule has 0 heterocycles. The number of quaternary nitrogens is 1. The van der Waals surface area contributed by atoms with Crippen molar-refractivity contribution < 1.29 is 17.7 Å². The van der Waals surface area contributed by atoms with E-state index in [0.29, 0.717) is 0 Å². The van der Waals surface area contributed by atoms with Crippen LogP contribution in [0.15, 0.2) is 0 Å². The van der Waals surface area contributed by atoms with E-state index in [1.165, 1.54) is 38.8 Å². The van der Waals surface area contributed by atoms with E-state index >= 15 is 0 Å². The van der Waals surface area contributed by atoms with Crippen LogP contribution >= 0.6 is 0 Å². The molecule has 0 atom stereocenters. The summed E-state index contributed by atoms with van der Waals surface area (Å²) < 4.78 is 0. The zero-order valence-electron chi connectivity index (χ0n) is 8.35. The van der Waals surface area contributed by atoms with Crippen molar-refractivity contribution in [2.24, 2.45) is 11.8 Å². The van der Waals surface area contributed by atoms with Gasteiger partial charge in [-0.1, -0.05) is 13.8 Å². The van der Waals surface area contributed by atoms with E-state index in [4.69, 9.17) is 0 Å². The Balaban J connectivity index is 0.00000121. The van der Waals surface area contributed by atoms with E-state index in [9.17, 15) is 0 Å². The highest BCUT2D eigenvalue weighted by Gasteiger charge is 2.20. The van der Waals surface area contributed by atoms with Crippen molar-refractivity contribution in [3.63, 3.8) is 0 Å². The first-order valence-corrected chi connectivity index (χ1v) is 5.10. The molecule has 1 nitrogen and oxygen atoms in total. The third-order valence-electron chi connectivity index (χ3n) is 2.42. The molecule has 0 aromatic carbocycles. The number of halogens is 1. The van der Waals surface area contributed by atoms with Crippen LogP contribution in [-0.2, 0) is 0 Å². The molecule has 0 aromatic heterocycles. The first-order valence-electron chi connectivity index (χ1n) is 5.10. The average Bonchev–Trinajstić information content (AvgIpc) is 2.70. The Morgan fingerprint density at radius 2 is 1.92 bits per heavy atom. The SMILES string of the molecule is CC(C)CC[NH2+]CCC1CC1.[Cl-]. The smallest absolute Gasteiger partial charge is 0.0758 e. The fourth-order valence-electron chi connectivity index (χ4n) is 1.36. The number of rotatable bonds is 6. The molecule has 2 heteroatoms. The average molecular weight is 192 g/mol. The summed E-state index contributed by atoms with van der Waals surface area (Å²) in [7, 11) is 0. The van der Waals surface area contributed by atoms with Crippen molar-refractivity contribution in [2.75, 3.05) is 13.1 Å². The Kier molecular flexibility index (Phi) is 6.87. The van der Waals surface area contributed by atoms with Crippen LogP contribution in [0.1, 0.15) is 39.5 Å². The fourth-order valence-corrected chi connectivity index (χ4v) is 1.36. The van der Waals surface area contributed by atoms with Crippen molar-refractivity contribution in [1.82, 2.24) is 0 Å². The second kappa shape index (κ2) is 6.73. The highest BCUT2D eigenvalue weighted by atomic mass is 35.5. The lowest BCUT2D eigenvalue weighted by Gasteiger charge is -2.02. The second-order valence-electron chi connectivity index (χ2n) is 4.28. The quantitative estimate of drug-likeness (QED) is 0.488. The van der Waals surface area contributed by atoms with Crippen molar-refractivity contribution >= 4 is 0 Å². The lowest BCUT2D eigenvalue weighted by molar-refractivity contribution is -0.656. The van der Waals surface area contributed by atoms with Gasteiger partial charge in [0, 0.05) is 0 Å². The highest BCUT2D eigenvalue weighted by molar-refractivity contribution is 4.71. The van der Waals surface area contributed by atoms with Gasteiger partial charge < -0.3 is 17.7 Å². The molecule has 2 N–H and O–H groups in total.